The van der Waals surface area contributed by atoms with E-state index in [-0.39, 0.29) is 36.3 Å². The molecule has 0 atom stereocenters. The fourth-order valence-corrected chi connectivity index (χ4v) is 4.37. The van der Waals surface area contributed by atoms with Crippen LogP contribution in [-0.4, -0.2) is 34.7 Å². The zero-order valence-corrected chi connectivity index (χ0v) is 16.9. The monoisotopic (exact) mass is 419 g/mol. The highest BCUT2D eigenvalue weighted by Crippen LogP contribution is 2.29. The van der Waals surface area contributed by atoms with Crippen LogP contribution >= 0.6 is 0 Å². The zero-order valence-electron chi connectivity index (χ0n) is 16.1. The summed E-state index contributed by atoms with van der Waals surface area (Å²) in [7, 11) is -4.32. The molecule has 3 rings (SSSR count). The van der Waals surface area contributed by atoms with Crippen molar-refractivity contribution >= 4 is 10.1 Å². The molecule has 0 fully saturated rings. The SMILES string of the molecule is CC(C)c1nc(CCO)n(Cc2cccnc2)c1S(=O)(=O)Oc1cccc(F)c1. The van der Waals surface area contributed by atoms with Gasteiger partial charge in [0.05, 0.1) is 18.8 Å². The van der Waals surface area contributed by atoms with E-state index in [9.17, 15) is 17.9 Å². The Labute approximate surface area is 169 Å². The summed E-state index contributed by atoms with van der Waals surface area (Å²) in [6.45, 7) is 3.64. The molecule has 2 heterocycles. The maximum atomic E-state index is 13.5. The Morgan fingerprint density at radius 3 is 2.66 bits per heavy atom. The first-order chi connectivity index (χ1) is 13.8. The van der Waals surface area contributed by atoms with Crippen molar-refractivity contribution in [3.8, 4) is 5.75 Å². The quantitative estimate of drug-likeness (QED) is 0.564. The number of halogens is 1. The maximum absolute atomic E-state index is 13.5. The van der Waals surface area contributed by atoms with Crippen LogP contribution < -0.4 is 4.18 Å². The highest BCUT2D eigenvalue weighted by atomic mass is 32.2. The van der Waals surface area contributed by atoms with E-state index in [2.05, 4.69) is 9.97 Å². The van der Waals surface area contributed by atoms with Gasteiger partial charge in [-0.3, -0.25) is 4.98 Å². The van der Waals surface area contributed by atoms with Gasteiger partial charge in [0.15, 0.2) is 5.03 Å². The summed E-state index contributed by atoms with van der Waals surface area (Å²) in [5.74, 6) is -0.533. The van der Waals surface area contributed by atoms with Crippen LogP contribution in [0.5, 0.6) is 5.75 Å². The maximum Gasteiger partial charge on any atom is 0.357 e. The summed E-state index contributed by atoms with van der Waals surface area (Å²) >= 11 is 0. The minimum atomic E-state index is -4.32. The van der Waals surface area contributed by atoms with Gasteiger partial charge in [-0.1, -0.05) is 26.0 Å². The van der Waals surface area contributed by atoms with E-state index in [0.717, 1.165) is 11.6 Å². The molecule has 0 aliphatic heterocycles. The molecule has 2 aromatic heterocycles. The molecule has 0 unspecified atom stereocenters. The van der Waals surface area contributed by atoms with Gasteiger partial charge in [-0.2, -0.15) is 8.42 Å². The third kappa shape index (κ3) is 4.80. The number of hydrogen-bond donors (Lipinski definition) is 1. The van der Waals surface area contributed by atoms with Gasteiger partial charge in [0.2, 0.25) is 0 Å². The molecule has 9 heteroatoms. The first-order valence-corrected chi connectivity index (χ1v) is 10.5. The van der Waals surface area contributed by atoms with Crippen molar-refractivity contribution < 1.29 is 22.1 Å². The van der Waals surface area contributed by atoms with Gasteiger partial charge in [0.25, 0.3) is 0 Å². The number of pyridine rings is 1. The number of hydrogen-bond acceptors (Lipinski definition) is 6. The Balaban J connectivity index is 2.13. The summed E-state index contributed by atoms with van der Waals surface area (Å²) in [4.78, 5) is 8.53. The van der Waals surface area contributed by atoms with E-state index in [0.29, 0.717) is 11.5 Å². The number of imidazole rings is 1. The minimum Gasteiger partial charge on any atom is -0.396 e. The lowest BCUT2D eigenvalue weighted by Crippen LogP contribution is -2.19. The molecule has 7 nitrogen and oxygen atoms in total. The summed E-state index contributed by atoms with van der Waals surface area (Å²) < 4.78 is 46.6. The largest absolute Gasteiger partial charge is 0.396 e. The van der Waals surface area contributed by atoms with E-state index in [1.165, 1.54) is 22.8 Å². The molecular formula is C20H22FN3O4S. The van der Waals surface area contributed by atoms with E-state index in [1.54, 1.807) is 18.5 Å². The van der Waals surface area contributed by atoms with Crippen LogP contribution in [0.1, 0.15) is 36.8 Å². The van der Waals surface area contributed by atoms with Crippen LogP contribution in [0.25, 0.3) is 0 Å². The second-order valence-electron chi connectivity index (χ2n) is 6.79. The molecule has 1 aromatic carbocycles. The molecule has 29 heavy (non-hydrogen) atoms. The highest BCUT2D eigenvalue weighted by Gasteiger charge is 2.31. The standard InChI is InChI=1S/C20H22FN3O4S/c1-14(2)19-20(29(26,27)28-17-7-3-6-16(21)11-17)24(18(23-19)8-10-25)13-15-5-4-9-22-12-15/h3-7,9,11-12,14,25H,8,10,13H2,1-2H3. The van der Waals surface area contributed by atoms with Gasteiger partial charge in [-0.05, 0) is 29.7 Å². The third-order valence-corrected chi connectivity index (χ3v) is 5.52. The second kappa shape index (κ2) is 8.71. The van der Waals surface area contributed by atoms with Crippen molar-refractivity contribution in [1.82, 2.24) is 14.5 Å². The fourth-order valence-electron chi connectivity index (χ4n) is 2.95. The van der Waals surface area contributed by atoms with Crippen LogP contribution in [-0.2, 0) is 23.1 Å². The topological polar surface area (TPSA) is 94.3 Å². The average molecular weight is 419 g/mol. The van der Waals surface area contributed by atoms with Gasteiger partial charge in [-0.25, -0.2) is 9.37 Å². The molecule has 3 aromatic rings. The third-order valence-electron chi connectivity index (χ3n) is 4.21. The molecule has 0 saturated carbocycles. The van der Waals surface area contributed by atoms with E-state index < -0.39 is 15.9 Å². The van der Waals surface area contributed by atoms with Crippen molar-refractivity contribution in [1.29, 1.82) is 0 Å². The molecule has 0 bridgehead atoms. The number of aliphatic hydroxyl groups excluding tert-OH is 1. The zero-order chi connectivity index (χ0) is 21.0. The van der Waals surface area contributed by atoms with Crippen molar-refractivity contribution in [2.75, 3.05) is 6.61 Å². The lowest BCUT2D eigenvalue weighted by Gasteiger charge is -2.14. The number of nitrogens with zero attached hydrogens (tertiary/aromatic N) is 3. The molecule has 0 radical (unpaired) electrons. The summed E-state index contributed by atoms with van der Waals surface area (Å²) in [5.41, 5.74) is 1.09. The van der Waals surface area contributed by atoms with Gasteiger partial charge >= 0.3 is 10.1 Å². The van der Waals surface area contributed by atoms with E-state index >= 15 is 0 Å². The highest BCUT2D eigenvalue weighted by molar-refractivity contribution is 7.87. The molecule has 0 saturated heterocycles. The van der Waals surface area contributed by atoms with Gasteiger partial charge in [0, 0.05) is 24.9 Å². The summed E-state index contributed by atoms with van der Waals surface area (Å²) in [6.07, 6.45) is 3.42. The van der Waals surface area contributed by atoms with Crippen LogP contribution in [0, 0.1) is 5.82 Å². The minimum absolute atomic E-state index is 0.107. The molecule has 0 spiro atoms. The van der Waals surface area contributed by atoms with E-state index in [4.69, 9.17) is 4.18 Å². The van der Waals surface area contributed by atoms with Crippen molar-refractivity contribution in [2.24, 2.45) is 0 Å². The molecular weight excluding hydrogens is 397 g/mol. The van der Waals surface area contributed by atoms with Gasteiger partial charge in [-0.15, -0.1) is 0 Å². The van der Waals surface area contributed by atoms with Crippen LogP contribution in [0.4, 0.5) is 4.39 Å². The van der Waals surface area contributed by atoms with Crippen LogP contribution in [0.2, 0.25) is 0 Å². The van der Waals surface area contributed by atoms with Gasteiger partial charge < -0.3 is 13.9 Å². The second-order valence-corrected chi connectivity index (χ2v) is 8.25. The molecule has 154 valence electrons. The van der Waals surface area contributed by atoms with Crippen LogP contribution in [0.15, 0.2) is 53.8 Å². The Kier molecular flexibility index (Phi) is 6.29. The molecule has 0 amide bonds. The average Bonchev–Trinajstić information content (AvgIpc) is 3.02. The predicted molar refractivity (Wildman–Crippen MR) is 105 cm³/mol. The Morgan fingerprint density at radius 2 is 2.03 bits per heavy atom. The van der Waals surface area contributed by atoms with Crippen molar-refractivity contribution in [3.05, 3.63) is 71.7 Å². The first kappa shape index (κ1) is 20.9. The molecule has 0 aliphatic rings. The first-order valence-electron chi connectivity index (χ1n) is 9.11. The Hall–Kier alpha value is -2.78. The Morgan fingerprint density at radius 1 is 1.24 bits per heavy atom. The normalized spacial score (nSPS) is 11.8. The summed E-state index contributed by atoms with van der Waals surface area (Å²) in [5, 5.41) is 9.32. The smallest absolute Gasteiger partial charge is 0.357 e. The molecule has 1 N–H and O–H groups in total. The number of rotatable bonds is 8. The lowest BCUT2D eigenvalue weighted by molar-refractivity contribution is 0.294. The lowest BCUT2D eigenvalue weighted by atomic mass is 10.1. The number of benzene rings is 1. The Bertz CT molecular complexity index is 1080. The van der Waals surface area contributed by atoms with Crippen molar-refractivity contribution in [3.63, 3.8) is 0 Å². The van der Waals surface area contributed by atoms with Gasteiger partial charge in [0.1, 0.15) is 17.4 Å². The summed E-state index contributed by atoms with van der Waals surface area (Å²) in [6, 6.07) is 8.50. The number of aromatic nitrogens is 3. The van der Waals surface area contributed by atoms with E-state index in [1.807, 2.05) is 19.9 Å². The predicted octanol–water partition coefficient (Wildman–Crippen LogP) is 2.89. The molecule has 0 aliphatic carbocycles. The fraction of sp³-hybridized carbons (Fsp3) is 0.300. The number of aliphatic hydroxyl groups is 1. The van der Waals surface area contributed by atoms with Crippen molar-refractivity contribution in [2.45, 2.75) is 37.8 Å². The van der Waals surface area contributed by atoms with Crippen LogP contribution in [0.3, 0.4) is 0 Å².